The first-order valence-corrected chi connectivity index (χ1v) is 5.60. The number of halogens is 4. The highest BCUT2D eigenvalue weighted by Gasteiger charge is 2.09. The molecule has 0 aromatic heterocycles. The fourth-order valence-corrected chi connectivity index (χ4v) is 1.76. The van der Waals surface area contributed by atoms with Crippen molar-refractivity contribution in [3.8, 4) is 0 Å². The standard InChI is InChI=1S/C10H10BrClF2/c11-9-4-3-8(10(13)14)6-7(9)2-1-5-12/h3-4,6,10H,1-2,5H2. The Hall–Kier alpha value is -0.150. The topological polar surface area (TPSA) is 0 Å². The molecule has 0 aliphatic rings. The summed E-state index contributed by atoms with van der Waals surface area (Å²) in [4.78, 5) is 0. The minimum Gasteiger partial charge on any atom is -0.205 e. The molecule has 1 aromatic carbocycles. The second-order valence-electron chi connectivity index (χ2n) is 2.94. The summed E-state index contributed by atoms with van der Waals surface area (Å²) in [6.07, 6.45) is -0.879. The average Bonchev–Trinajstić information content (AvgIpc) is 2.16. The Labute approximate surface area is 95.4 Å². The lowest BCUT2D eigenvalue weighted by molar-refractivity contribution is 0.151. The number of alkyl halides is 3. The molecule has 0 fully saturated rings. The van der Waals surface area contributed by atoms with Crippen LogP contribution in [0.25, 0.3) is 0 Å². The summed E-state index contributed by atoms with van der Waals surface area (Å²) >= 11 is 8.86. The van der Waals surface area contributed by atoms with E-state index in [-0.39, 0.29) is 5.56 Å². The minimum absolute atomic E-state index is 0.0674. The SMILES string of the molecule is FC(F)c1ccc(Br)c(CCCCl)c1. The van der Waals surface area contributed by atoms with E-state index >= 15 is 0 Å². The Morgan fingerprint density at radius 2 is 2.07 bits per heavy atom. The van der Waals surface area contributed by atoms with Crippen LogP contribution >= 0.6 is 27.5 Å². The summed E-state index contributed by atoms with van der Waals surface area (Å²) in [5.41, 5.74) is 0.959. The van der Waals surface area contributed by atoms with E-state index in [4.69, 9.17) is 11.6 Å². The van der Waals surface area contributed by atoms with Crippen molar-refractivity contribution in [1.29, 1.82) is 0 Å². The van der Waals surface area contributed by atoms with E-state index in [1.54, 1.807) is 6.07 Å². The summed E-state index contributed by atoms with van der Waals surface area (Å²) in [5, 5.41) is 0. The molecule has 0 N–H and O–H groups in total. The predicted octanol–water partition coefficient (Wildman–Crippen LogP) is 4.56. The molecule has 4 heteroatoms. The molecule has 0 bridgehead atoms. The minimum atomic E-state index is -2.40. The smallest absolute Gasteiger partial charge is 0.205 e. The Morgan fingerprint density at radius 1 is 1.36 bits per heavy atom. The van der Waals surface area contributed by atoms with Crippen molar-refractivity contribution in [2.24, 2.45) is 0 Å². The number of aryl methyl sites for hydroxylation is 1. The normalized spacial score (nSPS) is 10.9. The molecule has 1 aromatic rings. The highest BCUT2D eigenvalue weighted by Crippen LogP contribution is 2.25. The fourth-order valence-electron chi connectivity index (χ4n) is 1.18. The molecule has 1 rings (SSSR count). The quantitative estimate of drug-likeness (QED) is 0.711. The molecule has 0 amide bonds. The maximum atomic E-state index is 12.4. The first-order valence-electron chi connectivity index (χ1n) is 4.27. The molecule has 0 radical (unpaired) electrons. The summed E-state index contributed by atoms with van der Waals surface area (Å²) in [6, 6.07) is 4.62. The Kier molecular flexibility index (Phi) is 4.82. The van der Waals surface area contributed by atoms with Gasteiger partial charge in [0.2, 0.25) is 0 Å². The van der Waals surface area contributed by atoms with E-state index in [1.807, 2.05) is 0 Å². The number of hydrogen-bond acceptors (Lipinski definition) is 0. The van der Waals surface area contributed by atoms with Crippen LogP contribution in [-0.4, -0.2) is 5.88 Å². The Balaban J connectivity index is 2.85. The van der Waals surface area contributed by atoms with Gasteiger partial charge in [0.05, 0.1) is 0 Å². The van der Waals surface area contributed by atoms with Gasteiger partial charge in [0.1, 0.15) is 0 Å². The zero-order valence-electron chi connectivity index (χ0n) is 7.44. The van der Waals surface area contributed by atoms with Crippen LogP contribution in [0.5, 0.6) is 0 Å². The summed E-state index contributed by atoms with van der Waals surface area (Å²) in [6.45, 7) is 0. The van der Waals surface area contributed by atoms with Gasteiger partial charge in [-0.3, -0.25) is 0 Å². The summed E-state index contributed by atoms with van der Waals surface area (Å²) in [5.74, 6) is 0.547. The second-order valence-corrected chi connectivity index (χ2v) is 4.18. The molecular weight excluding hydrogens is 273 g/mol. The third-order valence-corrected chi connectivity index (χ3v) is 2.94. The number of hydrogen-bond donors (Lipinski definition) is 0. The molecule has 0 saturated heterocycles. The maximum Gasteiger partial charge on any atom is 0.263 e. The fraction of sp³-hybridized carbons (Fsp3) is 0.400. The van der Waals surface area contributed by atoms with E-state index < -0.39 is 6.43 Å². The van der Waals surface area contributed by atoms with Crippen LogP contribution in [-0.2, 0) is 6.42 Å². The zero-order valence-corrected chi connectivity index (χ0v) is 9.78. The van der Waals surface area contributed by atoms with Crippen molar-refractivity contribution in [2.45, 2.75) is 19.3 Å². The first-order chi connectivity index (χ1) is 6.65. The monoisotopic (exact) mass is 282 g/mol. The molecule has 0 nitrogen and oxygen atoms in total. The first kappa shape index (κ1) is 11.9. The van der Waals surface area contributed by atoms with Gasteiger partial charge in [-0.1, -0.05) is 22.0 Å². The van der Waals surface area contributed by atoms with Gasteiger partial charge in [0, 0.05) is 15.9 Å². The zero-order chi connectivity index (χ0) is 10.6. The third kappa shape index (κ3) is 3.21. The molecule has 0 saturated carbocycles. The lowest BCUT2D eigenvalue weighted by Crippen LogP contribution is -1.92. The highest BCUT2D eigenvalue weighted by atomic mass is 79.9. The second kappa shape index (κ2) is 5.66. The van der Waals surface area contributed by atoms with Gasteiger partial charge in [0.15, 0.2) is 0 Å². The van der Waals surface area contributed by atoms with Crippen molar-refractivity contribution in [3.05, 3.63) is 33.8 Å². The van der Waals surface area contributed by atoms with Gasteiger partial charge in [0.25, 0.3) is 6.43 Å². The Morgan fingerprint density at radius 3 is 2.64 bits per heavy atom. The van der Waals surface area contributed by atoms with Crippen LogP contribution < -0.4 is 0 Å². The molecule has 0 unspecified atom stereocenters. The molecule has 78 valence electrons. The molecule has 0 aliphatic heterocycles. The largest absolute Gasteiger partial charge is 0.263 e. The van der Waals surface area contributed by atoms with Crippen LogP contribution in [0, 0.1) is 0 Å². The Bertz CT molecular complexity index is 302. The van der Waals surface area contributed by atoms with E-state index in [0.717, 1.165) is 22.9 Å². The molecule has 0 atom stereocenters. The van der Waals surface area contributed by atoms with Crippen molar-refractivity contribution in [3.63, 3.8) is 0 Å². The van der Waals surface area contributed by atoms with Gasteiger partial charge in [-0.2, -0.15) is 0 Å². The molecular formula is C10H10BrClF2. The molecule has 0 aliphatic carbocycles. The van der Waals surface area contributed by atoms with Crippen LogP contribution in [0.3, 0.4) is 0 Å². The van der Waals surface area contributed by atoms with E-state index in [2.05, 4.69) is 15.9 Å². The lowest BCUT2D eigenvalue weighted by atomic mass is 10.1. The van der Waals surface area contributed by atoms with Gasteiger partial charge in [-0.15, -0.1) is 11.6 Å². The number of benzene rings is 1. The summed E-state index contributed by atoms with van der Waals surface area (Å²) < 4.78 is 25.6. The van der Waals surface area contributed by atoms with E-state index in [0.29, 0.717) is 5.88 Å². The number of rotatable bonds is 4. The predicted molar refractivity (Wildman–Crippen MR) is 58.1 cm³/mol. The van der Waals surface area contributed by atoms with Crippen LogP contribution in [0.4, 0.5) is 8.78 Å². The van der Waals surface area contributed by atoms with Crippen LogP contribution in [0.2, 0.25) is 0 Å². The molecule has 14 heavy (non-hydrogen) atoms. The van der Waals surface area contributed by atoms with Crippen LogP contribution in [0.15, 0.2) is 22.7 Å². The van der Waals surface area contributed by atoms with Gasteiger partial charge in [-0.25, -0.2) is 8.78 Å². The lowest BCUT2D eigenvalue weighted by Gasteiger charge is -2.06. The van der Waals surface area contributed by atoms with Gasteiger partial charge in [-0.05, 0) is 30.5 Å². The van der Waals surface area contributed by atoms with E-state index in [1.165, 1.54) is 12.1 Å². The van der Waals surface area contributed by atoms with Crippen molar-refractivity contribution < 1.29 is 8.78 Å². The molecule has 0 heterocycles. The maximum absolute atomic E-state index is 12.4. The third-order valence-electron chi connectivity index (χ3n) is 1.90. The average molecular weight is 284 g/mol. The highest BCUT2D eigenvalue weighted by molar-refractivity contribution is 9.10. The van der Waals surface area contributed by atoms with E-state index in [9.17, 15) is 8.78 Å². The molecule has 0 spiro atoms. The van der Waals surface area contributed by atoms with Crippen molar-refractivity contribution in [1.82, 2.24) is 0 Å². The summed E-state index contributed by atoms with van der Waals surface area (Å²) in [7, 11) is 0. The van der Waals surface area contributed by atoms with Crippen molar-refractivity contribution >= 4 is 27.5 Å². The van der Waals surface area contributed by atoms with Crippen molar-refractivity contribution in [2.75, 3.05) is 5.88 Å². The van der Waals surface area contributed by atoms with Crippen LogP contribution in [0.1, 0.15) is 24.0 Å². The van der Waals surface area contributed by atoms with Gasteiger partial charge < -0.3 is 0 Å². The van der Waals surface area contributed by atoms with Gasteiger partial charge >= 0.3 is 0 Å².